The van der Waals surface area contributed by atoms with E-state index in [9.17, 15) is 13.2 Å². The molecule has 0 radical (unpaired) electrons. The molecule has 142 valence electrons. The van der Waals surface area contributed by atoms with E-state index in [1.807, 2.05) is 0 Å². The lowest BCUT2D eigenvalue weighted by Crippen LogP contribution is -2.33. The number of hydrogen-bond donors (Lipinski definition) is 1. The lowest BCUT2D eigenvalue weighted by atomic mass is 10.2. The highest BCUT2D eigenvalue weighted by Crippen LogP contribution is 2.24. The van der Waals surface area contributed by atoms with Crippen molar-refractivity contribution in [1.82, 2.24) is 4.31 Å². The first kappa shape index (κ1) is 20.2. The summed E-state index contributed by atoms with van der Waals surface area (Å²) in [6, 6.07) is 6.50. The quantitative estimate of drug-likeness (QED) is 0.723. The number of hydrogen-bond acceptors (Lipinski definition) is 5. The van der Waals surface area contributed by atoms with Crippen LogP contribution in [0.2, 0.25) is 0 Å². The van der Waals surface area contributed by atoms with Gasteiger partial charge in [-0.25, -0.2) is 8.42 Å². The summed E-state index contributed by atoms with van der Waals surface area (Å²) in [6.45, 7) is 4.15. The zero-order valence-corrected chi connectivity index (χ0v) is 16.0. The molecule has 0 aliphatic rings. The molecular weight excluding hydrogens is 356 g/mol. The molecular formula is C18H24N2O5S. The van der Waals surface area contributed by atoms with Gasteiger partial charge in [0.25, 0.3) is 0 Å². The number of ether oxygens (including phenoxy) is 1. The molecule has 0 atom stereocenters. The van der Waals surface area contributed by atoms with Gasteiger partial charge in [-0.05, 0) is 36.8 Å². The van der Waals surface area contributed by atoms with Crippen LogP contribution in [0.3, 0.4) is 0 Å². The van der Waals surface area contributed by atoms with Crippen LogP contribution in [0.1, 0.15) is 24.5 Å². The summed E-state index contributed by atoms with van der Waals surface area (Å²) < 4.78 is 37.7. The number of anilines is 1. The van der Waals surface area contributed by atoms with Gasteiger partial charge in [-0.1, -0.05) is 6.92 Å². The molecule has 0 spiro atoms. The third-order valence-electron chi connectivity index (χ3n) is 3.88. The fraction of sp³-hybridized carbons (Fsp3) is 0.389. The zero-order chi connectivity index (χ0) is 19.2. The van der Waals surface area contributed by atoms with Crippen LogP contribution in [0.25, 0.3) is 0 Å². The lowest BCUT2D eigenvalue weighted by Gasteiger charge is -2.22. The number of amides is 1. The van der Waals surface area contributed by atoms with Crippen LogP contribution in [0.15, 0.2) is 46.1 Å². The van der Waals surface area contributed by atoms with Gasteiger partial charge in [0.2, 0.25) is 15.9 Å². The maximum Gasteiger partial charge on any atom is 0.243 e. The van der Waals surface area contributed by atoms with Gasteiger partial charge in [-0.15, -0.1) is 0 Å². The third kappa shape index (κ3) is 4.94. The Morgan fingerprint density at radius 3 is 2.65 bits per heavy atom. The smallest absolute Gasteiger partial charge is 0.243 e. The van der Waals surface area contributed by atoms with E-state index in [0.29, 0.717) is 17.7 Å². The van der Waals surface area contributed by atoms with Crippen molar-refractivity contribution in [3.8, 4) is 0 Å². The number of nitrogens with zero attached hydrogens (tertiary/aromatic N) is 1. The monoisotopic (exact) mass is 380 g/mol. The maximum absolute atomic E-state index is 13.1. The predicted octanol–water partition coefficient (Wildman–Crippen LogP) is 2.77. The van der Waals surface area contributed by atoms with Crippen LogP contribution in [0, 0.1) is 6.92 Å². The minimum atomic E-state index is -3.73. The summed E-state index contributed by atoms with van der Waals surface area (Å²) in [5.74, 6) is -0.123. The van der Waals surface area contributed by atoms with Crippen molar-refractivity contribution in [1.29, 1.82) is 0 Å². The first-order valence-electron chi connectivity index (χ1n) is 8.29. The topological polar surface area (TPSA) is 88.9 Å². The summed E-state index contributed by atoms with van der Waals surface area (Å²) in [5, 5.41) is 2.73. The Labute approximate surface area is 154 Å². The second-order valence-electron chi connectivity index (χ2n) is 5.84. The number of carbonyl (C=O) groups is 1. The summed E-state index contributed by atoms with van der Waals surface area (Å²) in [5.41, 5.74) is 1.90. The van der Waals surface area contributed by atoms with Crippen molar-refractivity contribution in [3.63, 3.8) is 0 Å². The summed E-state index contributed by atoms with van der Waals surface area (Å²) in [4.78, 5) is 11.7. The number of benzene rings is 1. The normalized spacial score (nSPS) is 11.7. The average Bonchev–Trinajstić information content (AvgIpc) is 3.11. The number of aryl methyl sites for hydroxylation is 1. The van der Waals surface area contributed by atoms with Crippen molar-refractivity contribution < 1.29 is 22.4 Å². The first-order chi connectivity index (χ1) is 12.4. The molecule has 8 heteroatoms. The second-order valence-corrected chi connectivity index (χ2v) is 7.75. The van der Waals surface area contributed by atoms with Crippen LogP contribution in [-0.2, 0) is 26.1 Å². The molecule has 1 heterocycles. The van der Waals surface area contributed by atoms with Gasteiger partial charge in [-0.2, -0.15) is 4.31 Å². The molecule has 26 heavy (non-hydrogen) atoms. The zero-order valence-electron chi connectivity index (χ0n) is 15.2. The van der Waals surface area contributed by atoms with E-state index >= 15 is 0 Å². The highest BCUT2D eigenvalue weighted by atomic mass is 32.2. The summed E-state index contributed by atoms with van der Waals surface area (Å²) in [7, 11) is -2.21. The van der Waals surface area contributed by atoms with Crippen molar-refractivity contribution in [2.75, 3.05) is 25.6 Å². The molecule has 0 bridgehead atoms. The van der Waals surface area contributed by atoms with E-state index in [1.54, 1.807) is 32.0 Å². The van der Waals surface area contributed by atoms with E-state index in [4.69, 9.17) is 9.15 Å². The summed E-state index contributed by atoms with van der Waals surface area (Å²) >= 11 is 0. The molecule has 2 aromatic rings. The van der Waals surface area contributed by atoms with E-state index in [2.05, 4.69) is 5.32 Å². The number of rotatable bonds is 9. The number of carbonyl (C=O) groups excluding carboxylic acids is 1. The molecule has 0 unspecified atom stereocenters. The van der Waals surface area contributed by atoms with Crippen molar-refractivity contribution in [2.45, 2.75) is 31.7 Å². The number of nitrogens with one attached hydrogen (secondary N) is 1. The van der Waals surface area contributed by atoms with Crippen LogP contribution < -0.4 is 5.32 Å². The molecule has 0 aliphatic heterocycles. The van der Waals surface area contributed by atoms with Gasteiger partial charge >= 0.3 is 0 Å². The Morgan fingerprint density at radius 2 is 2.08 bits per heavy atom. The molecule has 1 amide bonds. The first-order valence-corrected chi connectivity index (χ1v) is 9.73. The van der Waals surface area contributed by atoms with Crippen LogP contribution in [-0.4, -0.2) is 38.9 Å². The molecule has 7 nitrogen and oxygen atoms in total. The van der Waals surface area contributed by atoms with E-state index in [1.165, 1.54) is 30.0 Å². The molecule has 0 fully saturated rings. The number of sulfonamides is 1. The van der Waals surface area contributed by atoms with Gasteiger partial charge in [0, 0.05) is 37.9 Å². The van der Waals surface area contributed by atoms with Crippen molar-refractivity contribution in [3.05, 3.63) is 47.9 Å². The highest BCUT2D eigenvalue weighted by molar-refractivity contribution is 7.89. The minimum absolute atomic E-state index is 0.123. The minimum Gasteiger partial charge on any atom is -0.472 e. The Balaban J connectivity index is 2.30. The Hall–Kier alpha value is -2.16. The molecule has 1 aromatic heterocycles. The van der Waals surface area contributed by atoms with Crippen LogP contribution in [0.5, 0.6) is 0 Å². The molecule has 0 saturated carbocycles. The average molecular weight is 380 g/mol. The molecule has 0 aliphatic carbocycles. The van der Waals surface area contributed by atoms with Gasteiger partial charge in [0.15, 0.2) is 0 Å². The Bertz CT molecular complexity index is 831. The van der Waals surface area contributed by atoms with E-state index in [-0.39, 0.29) is 30.5 Å². The second kappa shape index (κ2) is 8.98. The molecule has 1 N–H and O–H groups in total. The van der Waals surface area contributed by atoms with Gasteiger partial charge in [0.05, 0.1) is 24.0 Å². The molecule has 1 aromatic carbocycles. The third-order valence-corrected chi connectivity index (χ3v) is 5.89. The number of methoxy groups -OCH3 is 1. The van der Waals surface area contributed by atoms with E-state index < -0.39 is 10.0 Å². The van der Waals surface area contributed by atoms with Gasteiger partial charge < -0.3 is 14.5 Å². The fourth-order valence-corrected chi connectivity index (χ4v) is 4.09. The maximum atomic E-state index is 13.1. The fourth-order valence-electron chi connectivity index (χ4n) is 2.47. The van der Waals surface area contributed by atoms with Crippen molar-refractivity contribution >= 4 is 21.6 Å². The largest absolute Gasteiger partial charge is 0.472 e. The van der Waals surface area contributed by atoms with Gasteiger partial charge in [0.1, 0.15) is 0 Å². The van der Waals surface area contributed by atoms with Crippen LogP contribution >= 0.6 is 0 Å². The van der Waals surface area contributed by atoms with Crippen LogP contribution in [0.4, 0.5) is 5.69 Å². The van der Waals surface area contributed by atoms with Gasteiger partial charge in [-0.3, -0.25) is 4.79 Å². The van der Waals surface area contributed by atoms with Crippen molar-refractivity contribution in [2.24, 2.45) is 0 Å². The Kier molecular flexibility index (Phi) is 6.96. The molecule has 2 rings (SSSR count). The standard InChI is InChI=1S/C18H24N2O5S/c1-4-18(21)19-16-5-6-17(14(2)11-16)26(22,23)20(8-10-24-3)12-15-7-9-25-13-15/h5-7,9,11,13H,4,8,10,12H2,1-3H3,(H,19,21). The number of furan rings is 1. The van der Waals surface area contributed by atoms with E-state index in [0.717, 1.165) is 5.56 Å². The predicted molar refractivity (Wildman–Crippen MR) is 98.3 cm³/mol. The SMILES string of the molecule is CCC(=O)Nc1ccc(S(=O)(=O)N(CCOC)Cc2ccoc2)c(C)c1. The lowest BCUT2D eigenvalue weighted by molar-refractivity contribution is -0.115. The Morgan fingerprint density at radius 1 is 1.31 bits per heavy atom. The molecule has 0 saturated heterocycles. The highest BCUT2D eigenvalue weighted by Gasteiger charge is 2.26. The summed E-state index contributed by atoms with van der Waals surface area (Å²) in [6.07, 6.45) is 3.38.